The first kappa shape index (κ1) is 15.0. The van der Waals surface area contributed by atoms with Crippen LogP contribution < -0.4 is 4.90 Å². The number of benzene rings is 1. The van der Waals surface area contributed by atoms with E-state index in [0.717, 1.165) is 65.7 Å². The largest absolute Gasteiger partial charge is 0.378 e. The zero-order valence-corrected chi connectivity index (χ0v) is 14.0. The number of hydrogen-bond donors (Lipinski definition) is 0. The molecule has 0 unspecified atom stereocenters. The molecule has 0 bridgehead atoms. The molecule has 0 N–H and O–H groups in total. The maximum atomic E-state index is 5.42. The third kappa shape index (κ3) is 2.71. The first-order valence-electron chi connectivity index (χ1n) is 8.25. The zero-order valence-electron chi connectivity index (χ0n) is 14.0. The van der Waals surface area contributed by atoms with Crippen molar-refractivity contribution in [2.45, 2.75) is 13.8 Å². The van der Waals surface area contributed by atoms with E-state index in [1.165, 1.54) is 0 Å². The quantitative estimate of drug-likeness (QED) is 0.726. The number of rotatable bonds is 2. The number of ether oxygens (including phenoxy) is 1. The molecule has 1 saturated heterocycles. The van der Waals surface area contributed by atoms with E-state index in [2.05, 4.69) is 33.9 Å². The van der Waals surface area contributed by atoms with Crippen LogP contribution in [0.5, 0.6) is 0 Å². The fraction of sp³-hybridized carbons (Fsp3) is 0.316. The molecule has 24 heavy (non-hydrogen) atoms. The van der Waals surface area contributed by atoms with Gasteiger partial charge in [0.05, 0.1) is 18.7 Å². The Kier molecular flexibility index (Phi) is 3.86. The Bertz CT molecular complexity index is 888. The van der Waals surface area contributed by atoms with Crippen LogP contribution >= 0.6 is 0 Å². The Labute approximate surface area is 141 Å². The van der Waals surface area contributed by atoms with Gasteiger partial charge in [0, 0.05) is 35.9 Å². The number of anilines is 1. The molecular formula is C19H20N4O. The lowest BCUT2D eigenvalue weighted by Crippen LogP contribution is -2.37. The van der Waals surface area contributed by atoms with Gasteiger partial charge in [0.25, 0.3) is 0 Å². The molecule has 0 radical (unpaired) electrons. The van der Waals surface area contributed by atoms with E-state index >= 15 is 0 Å². The highest BCUT2D eigenvalue weighted by Crippen LogP contribution is 2.25. The number of pyridine rings is 1. The molecule has 1 fully saturated rings. The van der Waals surface area contributed by atoms with E-state index in [1.807, 2.05) is 31.3 Å². The lowest BCUT2D eigenvalue weighted by atomic mass is 10.1. The van der Waals surface area contributed by atoms with Gasteiger partial charge in [0.2, 0.25) is 0 Å². The summed E-state index contributed by atoms with van der Waals surface area (Å²) >= 11 is 0. The van der Waals surface area contributed by atoms with E-state index in [1.54, 1.807) is 0 Å². The van der Waals surface area contributed by atoms with Gasteiger partial charge in [0.1, 0.15) is 5.82 Å². The molecule has 0 atom stereocenters. The summed E-state index contributed by atoms with van der Waals surface area (Å²) in [6.07, 6.45) is 1.88. The summed E-state index contributed by atoms with van der Waals surface area (Å²) in [6, 6.07) is 10.2. The van der Waals surface area contributed by atoms with Crippen LogP contribution in [-0.2, 0) is 4.74 Å². The first-order chi connectivity index (χ1) is 11.7. The lowest BCUT2D eigenvalue weighted by Gasteiger charge is -2.29. The van der Waals surface area contributed by atoms with Gasteiger partial charge >= 0.3 is 0 Å². The molecule has 122 valence electrons. The molecule has 0 amide bonds. The molecule has 0 spiro atoms. The number of aryl methyl sites for hydroxylation is 2. The van der Waals surface area contributed by atoms with Crippen LogP contribution in [-0.4, -0.2) is 41.3 Å². The maximum absolute atomic E-state index is 5.42. The average Bonchev–Trinajstić information content (AvgIpc) is 2.62. The molecule has 0 saturated carbocycles. The van der Waals surface area contributed by atoms with E-state index in [9.17, 15) is 0 Å². The average molecular weight is 320 g/mol. The predicted molar refractivity (Wildman–Crippen MR) is 95.3 cm³/mol. The fourth-order valence-electron chi connectivity index (χ4n) is 3.16. The van der Waals surface area contributed by atoms with Crippen molar-refractivity contribution in [3.8, 4) is 11.4 Å². The topological polar surface area (TPSA) is 51.1 Å². The fourth-order valence-corrected chi connectivity index (χ4v) is 3.16. The smallest absolute Gasteiger partial charge is 0.161 e. The first-order valence-corrected chi connectivity index (χ1v) is 8.25. The minimum Gasteiger partial charge on any atom is -0.378 e. The van der Waals surface area contributed by atoms with Gasteiger partial charge < -0.3 is 9.64 Å². The molecule has 3 aromatic rings. The van der Waals surface area contributed by atoms with Gasteiger partial charge in [0.15, 0.2) is 5.82 Å². The maximum Gasteiger partial charge on any atom is 0.161 e. The predicted octanol–water partition coefficient (Wildman–Crippen LogP) is 3.15. The molecule has 1 aliphatic heterocycles. The number of aromatic nitrogens is 3. The van der Waals surface area contributed by atoms with Crippen LogP contribution in [0.3, 0.4) is 0 Å². The normalized spacial score (nSPS) is 15.0. The SMILES string of the molecule is Cc1cc(-c2nc(C)c3ccccc3n2)cnc1N1CCOCC1. The van der Waals surface area contributed by atoms with Gasteiger partial charge in [-0.3, -0.25) is 0 Å². The third-order valence-electron chi connectivity index (χ3n) is 4.41. The number of hydrogen-bond acceptors (Lipinski definition) is 5. The second-order valence-corrected chi connectivity index (χ2v) is 6.11. The molecule has 0 aliphatic carbocycles. The summed E-state index contributed by atoms with van der Waals surface area (Å²) in [5.74, 6) is 1.76. The number of nitrogens with zero attached hydrogens (tertiary/aromatic N) is 4. The molecule has 5 heteroatoms. The van der Waals surface area contributed by atoms with Crippen LogP contribution in [0, 0.1) is 13.8 Å². The van der Waals surface area contributed by atoms with Gasteiger partial charge in [-0.2, -0.15) is 0 Å². The second-order valence-electron chi connectivity index (χ2n) is 6.11. The summed E-state index contributed by atoms with van der Waals surface area (Å²) in [4.78, 5) is 16.3. The number of para-hydroxylation sites is 1. The van der Waals surface area contributed by atoms with Crippen LogP contribution in [0.25, 0.3) is 22.3 Å². The van der Waals surface area contributed by atoms with Crippen molar-refractivity contribution >= 4 is 16.7 Å². The Morgan fingerprint density at radius 3 is 2.62 bits per heavy atom. The van der Waals surface area contributed by atoms with E-state index in [4.69, 9.17) is 9.72 Å². The zero-order chi connectivity index (χ0) is 16.5. The molecule has 2 aromatic heterocycles. The summed E-state index contributed by atoms with van der Waals surface area (Å²) < 4.78 is 5.42. The monoisotopic (exact) mass is 320 g/mol. The van der Waals surface area contributed by atoms with Crippen molar-refractivity contribution in [2.24, 2.45) is 0 Å². The molecular weight excluding hydrogens is 300 g/mol. The Hall–Kier alpha value is -2.53. The minimum atomic E-state index is 0.732. The Morgan fingerprint density at radius 1 is 1.04 bits per heavy atom. The van der Waals surface area contributed by atoms with E-state index in [-0.39, 0.29) is 0 Å². The minimum absolute atomic E-state index is 0.732. The molecule has 4 rings (SSSR count). The van der Waals surface area contributed by atoms with Crippen LogP contribution in [0.1, 0.15) is 11.3 Å². The van der Waals surface area contributed by atoms with Gasteiger partial charge in [-0.25, -0.2) is 15.0 Å². The molecule has 3 heterocycles. The Balaban J connectivity index is 1.73. The molecule has 1 aliphatic rings. The third-order valence-corrected chi connectivity index (χ3v) is 4.41. The molecule has 5 nitrogen and oxygen atoms in total. The van der Waals surface area contributed by atoms with Crippen molar-refractivity contribution in [3.05, 3.63) is 47.8 Å². The van der Waals surface area contributed by atoms with Crippen LogP contribution in [0.15, 0.2) is 36.5 Å². The lowest BCUT2D eigenvalue weighted by molar-refractivity contribution is 0.122. The highest BCUT2D eigenvalue weighted by molar-refractivity contribution is 5.82. The van der Waals surface area contributed by atoms with Gasteiger partial charge in [-0.1, -0.05) is 18.2 Å². The van der Waals surface area contributed by atoms with E-state index in [0.29, 0.717) is 0 Å². The summed E-state index contributed by atoms with van der Waals surface area (Å²) in [5.41, 5.74) is 4.06. The Morgan fingerprint density at radius 2 is 1.83 bits per heavy atom. The van der Waals surface area contributed by atoms with Crippen LogP contribution in [0.2, 0.25) is 0 Å². The van der Waals surface area contributed by atoms with Crippen molar-refractivity contribution in [1.82, 2.24) is 15.0 Å². The van der Waals surface area contributed by atoms with E-state index < -0.39 is 0 Å². The number of morpholine rings is 1. The highest BCUT2D eigenvalue weighted by atomic mass is 16.5. The van der Waals surface area contributed by atoms with Crippen molar-refractivity contribution < 1.29 is 4.74 Å². The van der Waals surface area contributed by atoms with Gasteiger partial charge in [-0.15, -0.1) is 0 Å². The van der Waals surface area contributed by atoms with Crippen molar-refractivity contribution in [3.63, 3.8) is 0 Å². The summed E-state index contributed by atoms with van der Waals surface area (Å²) in [5, 5.41) is 1.09. The highest BCUT2D eigenvalue weighted by Gasteiger charge is 2.16. The number of fused-ring (bicyclic) bond motifs is 1. The summed E-state index contributed by atoms with van der Waals surface area (Å²) in [6.45, 7) is 7.41. The van der Waals surface area contributed by atoms with Crippen LogP contribution in [0.4, 0.5) is 5.82 Å². The van der Waals surface area contributed by atoms with Crippen molar-refractivity contribution in [2.75, 3.05) is 31.2 Å². The second kappa shape index (κ2) is 6.17. The summed E-state index contributed by atoms with van der Waals surface area (Å²) in [7, 11) is 0. The standard InChI is InChI=1S/C19H20N4O/c1-13-11-15(12-20-19(13)23-7-9-24-10-8-23)18-21-14(2)16-5-3-4-6-17(16)22-18/h3-6,11-12H,7-10H2,1-2H3. The van der Waals surface area contributed by atoms with Gasteiger partial charge in [-0.05, 0) is 31.5 Å². The molecule has 1 aromatic carbocycles. The van der Waals surface area contributed by atoms with Crippen molar-refractivity contribution in [1.29, 1.82) is 0 Å².